The first-order valence-corrected chi connectivity index (χ1v) is 11.9. The van der Waals surface area contributed by atoms with E-state index in [0.29, 0.717) is 39.9 Å². The van der Waals surface area contributed by atoms with E-state index >= 15 is 0 Å². The second-order valence-electron chi connectivity index (χ2n) is 8.50. The monoisotopic (exact) mass is 510 g/mol. The zero-order valence-electron chi connectivity index (χ0n) is 21.7. The summed E-state index contributed by atoms with van der Waals surface area (Å²) in [5.41, 5.74) is 11.2. The van der Waals surface area contributed by atoms with Crippen molar-refractivity contribution >= 4 is 28.9 Å². The van der Waals surface area contributed by atoms with Crippen molar-refractivity contribution in [1.29, 1.82) is 5.41 Å². The molecule has 0 heterocycles. The summed E-state index contributed by atoms with van der Waals surface area (Å²) in [6.07, 6.45) is 0. The Morgan fingerprint density at radius 3 is 1.95 bits per heavy atom. The van der Waals surface area contributed by atoms with Crippen molar-refractivity contribution in [3.05, 3.63) is 96.1 Å². The van der Waals surface area contributed by atoms with E-state index in [-0.39, 0.29) is 11.9 Å². The minimum atomic E-state index is -0.243. The average Bonchev–Trinajstić information content (AvgIpc) is 2.94. The number of amides is 1. The molecule has 0 saturated carbocycles. The first-order valence-electron chi connectivity index (χ1n) is 11.9. The Bertz CT molecular complexity index is 1430. The molecule has 8 nitrogen and oxygen atoms in total. The molecular weight excluding hydrogens is 480 g/mol. The van der Waals surface area contributed by atoms with Crippen molar-refractivity contribution in [1.82, 2.24) is 0 Å². The molecule has 38 heavy (non-hydrogen) atoms. The van der Waals surface area contributed by atoms with Crippen LogP contribution in [-0.4, -0.2) is 33.2 Å². The minimum Gasteiger partial charge on any atom is -0.493 e. The average molecular weight is 511 g/mol. The van der Waals surface area contributed by atoms with Gasteiger partial charge in [-0.1, -0.05) is 48.5 Å². The number of hydrogen-bond acceptors (Lipinski definition) is 5. The predicted octanol–water partition coefficient (Wildman–Crippen LogP) is 5.97. The van der Waals surface area contributed by atoms with Gasteiger partial charge in [0, 0.05) is 23.4 Å². The smallest absolute Gasteiger partial charge is 0.255 e. The molecule has 4 aromatic carbocycles. The highest BCUT2D eigenvalue weighted by Gasteiger charge is 2.21. The molecule has 0 atom stereocenters. The van der Waals surface area contributed by atoms with Crippen molar-refractivity contribution in [3.63, 3.8) is 0 Å². The predicted molar refractivity (Wildman–Crippen MR) is 151 cm³/mol. The SMILES string of the molecule is COc1cc(N(C(=N)N)c2ccc(C)c(NC(=O)c3ccc(-c4ccccc4)cc3)c2)cc(OC)c1OC. The second-order valence-corrected chi connectivity index (χ2v) is 8.50. The molecule has 0 bridgehead atoms. The molecule has 0 radical (unpaired) electrons. The number of methoxy groups -OCH3 is 3. The number of benzene rings is 4. The van der Waals surface area contributed by atoms with E-state index in [2.05, 4.69) is 5.32 Å². The summed E-state index contributed by atoms with van der Waals surface area (Å²) < 4.78 is 16.3. The van der Waals surface area contributed by atoms with Crippen LogP contribution in [0.25, 0.3) is 11.1 Å². The summed E-state index contributed by atoms with van der Waals surface area (Å²) in [5.74, 6) is 0.807. The van der Waals surface area contributed by atoms with Gasteiger partial charge >= 0.3 is 0 Å². The van der Waals surface area contributed by atoms with Gasteiger partial charge < -0.3 is 25.3 Å². The van der Waals surface area contributed by atoms with E-state index in [4.69, 9.17) is 25.4 Å². The minimum absolute atomic E-state index is 0.225. The van der Waals surface area contributed by atoms with E-state index in [1.165, 1.54) is 26.2 Å². The molecule has 0 aliphatic rings. The lowest BCUT2D eigenvalue weighted by Crippen LogP contribution is -2.32. The van der Waals surface area contributed by atoms with Crippen LogP contribution in [0.2, 0.25) is 0 Å². The molecule has 0 saturated heterocycles. The van der Waals surface area contributed by atoms with Crippen LogP contribution >= 0.6 is 0 Å². The lowest BCUT2D eigenvalue weighted by molar-refractivity contribution is 0.102. The number of nitrogens with one attached hydrogen (secondary N) is 2. The van der Waals surface area contributed by atoms with Gasteiger partial charge in [0.05, 0.1) is 32.7 Å². The Balaban J connectivity index is 1.64. The van der Waals surface area contributed by atoms with E-state index in [1.807, 2.05) is 61.5 Å². The number of guanidine groups is 1. The summed E-state index contributed by atoms with van der Waals surface area (Å²) in [4.78, 5) is 14.6. The van der Waals surface area contributed by atoms with Gasteiger partial charge in [-0.05, 0) is 47.9 Å². The zero-order valence-corrected chi connectivity index (χ0v) is 21.7. The molecule has 0 aliphatic heterocycles. The number of nitrogens with two attached hydrogens (primary N) is 1. The van der Waals surface area contributed by atoms with Gasteiger partial charge in [0.25, 0.3) is 5.91 Å². The van der Waals surface area contributed by atoms with Crippen molar-refractivity contribution < 1.29 is 19.0 Å². The molecule has 4 rings (SSSR count). The summed E-state index contributed by atoms with van der Waals surface area (Å²) in [7, 11) is 4.56. The number of carbonyl (C=O) groups is 1. The third kappa shape index (κ3) is 5.39. The number of ether oxygens (including phenoxy) is 3. The first-order chi connectivity index (χ1) is 18.4. The highest BCUT2D eigenvalue weighted by molar-refractivity contribution is 6.06. The molecule has 8 heteroatoms. The Morgan fingerprint density at radius 1 is 0.789 bits per heavy atom. The van der Waals surface area contributed by atoms with Crippen LogP contribution in [0.1, 0.15) is 15.9 Å². The Hall–Kier alpha value is -4.98. The normalized spacial score (nSPS) is 10.4. The van der Waals surface area contributed by atoms with Gasteiger partial charge in [0.1, 0.15) is 0 Å². The fourth-order valence-corrected chi connectivity index (χ4v) is 4.15. The molecule has 1 amide bonds. The van der Waals surface area contributed by atoms with Crippen LogP contribution < -0.4 is 30.2 Å². The highest BCUT2D eigenvalue weighted by atomic mass is 16.5. The maximum Gasteiger partial charge on any atom is 0.255 e. The third-order valence-corrected chi connectivity index (χ3v) is 6.13. The molecular formula is C30H30N4O4. The van der Waals surface area contributed by atoms with Gasteiger partial charge in [-0.15, -0.1) is 0 Å². The topological polar surface area (TPSA) is 110 Å². The summed E-state index contributed by atoms with van der Waals surface area (Å²) >= 11 is 0. The summed E-state index contributed by atoms with van der Waals surface area (Å²) in [6, 6.07) is 26.3. The number of anilines is 3. The fraction of sp³-hybridized carbons (Fsp3) is 0.133. The molecule has 4 N–H and O–H groups in total. The fourth-order valence-electron chi connectivity index (χ4n) is 4.15. The Labute approximate surface area is 222 Å². The number of hydrogen-bond donors (Lipinski definition) is 3. The van der Waals surface area contributed by atoms with Gasteiger partial charge in [0.15, 0.2) is 17.5 Å². The van der Waals surface area contributed by atoms with Crippen LogP contribution in [0.15, 0.2) is 84.9 Å². The molecule has 0 fully saturated rings. The lowest BCUT2D eigenvalue weighted by Gasteiger charge is -2.25. The van der Waals surface area contributed by atoms with E-state index in [9.17, 15) is 4.79 Å². The van der Waals surface area contributed by atoms with Gasteiger partial charge in [0.2, 0.25) is 5.75 Å². The first kappa shape index (κ1) is 26.1. The molecule has 194 valence electrons. The Morgan fingerprint density at radius 2 is 1.39 bits per heavy atom. The number of carbonyl (C=O) groups excluding carboxylic acids is 1. The van der Waals surface area contributed by atoms with Crippen LogP contribution in [0, 0.1) is 12.3 Å². The van der Waals surface area contributed by atoms with Gasteiger partial charge in [-0.25, -0.2) is 0 Å². The number of aryl methyl sites for hydroxylation is 1. The highest BCUT2D eigenvalue weighted by Crippen LogP contribution is 2.42. The van der Waals surface area contributed by atoms with Crippen LogP contribution in [0.5, 0.6) is 17.2 Å². The zero-order chi connectivity index (χ0) is 27.2. The third-order valence-electron chi connectivity index (χ3n) is 6.13. The van der Waals surface area contributed by atoms with Gasteiger partial charge in [-0.2, -0.15) is 0 Å². The Kier molecular flexibility index (Phi) is 7.82. The quantitative estimate of drug-likeness (QED) is 0.199. The molecule has 4 aromatic rings. The van der Waals surface area contributed by atoms with E-state index in [0.717, 1.165) is 16.7 Å². The lowest BCUT2D eigenvalue weighted by atomic mass is 10.0. The van der Waals surface area contributed by atoms with Crippen LogP contribution in [-0.2, 0) is 0 Å². The standard InChI is InChI=1S/C30H30N4O4/c1-19-10-15-23(34(30(31)32)24-17-26(36-2)28(38-4)27(18-24)37-3)16-25(19)33-29(35)22-13-11-21(12-14-22)20-8-6-5-7-9-20/h5-18H,1-4H3,(H3,31,32)(H,33,35). The maximum absolute atomic E-state index is 13.1. The van der Waals surface area contributed by atoms with Crippen molar-refractivity contribution in [3.8, 4) is 28.4 Å². The molecule has 0 aliphatic carbocycles. The molecule has 0 unspecified atom stereocenters. The number of rotatable bonds is 8. The van der Waals surface area contributed by atoms with E-state index < -0.39 is 0 Å². The second kappa shape index (κ2) is 11.4. The van der Waals surface area contributed by atoms with Crippen LogP contribution in [0.3, 0.4) is 0 Å². The maximum atomic E-state index is 13.1. The van der Waals surface area contributed by atoms with Gasteiger partial charge in [-0.3, -0.25) is 15.1 Å². The van der Waals surface area contributed by atoms with Crippen molar-refractivity contribution in [2.45, 2.75) is 6.92 Å². The molecule has 0 spiro atoms. The van der Waals surface area contributed by atoms with Crippen LogP contribution in [0.4, 0.5) is 17.1 Å². The van der Waals surface area contributed by atoms with Crippen molar-refractivity contribution in [2.75, 3.05) is 31.5 Å². The summed E-state index contributed by atoms with van der Waals surface area (Å²) in [6.45, 7) is 1.90. The van der Waals surface area contributed by atoms with E-state index in [1.54, 1.807) is 30.3 Å². The largest absolute Gasteiger partial charge is 0.493 e. The summed E-state index contributed by atoms with van der Waals surface area (Å²) in [5, 5.41) is 11.3. The molecule has 0 aromatic heterocycles. The number of nitrogens with zero attached hydrogens (tertiary/aromatic N) is 1. The van der Waals surface area contributed by atoms with Crippen molar-refractivity contribution in [2.24, 2.45) is 5.73 Å².